The van der Waals surface area contributed by atoms with Crippen LogP contribution < -0.4 is 0 Å². The lowest BCUT2D eigenvalue weighted by Crippen LogP contribution is -2.35. The summed E-state index contributed by atoms with van der Waals surface area (Å²) in [6, 6.07) is 0. The van der Waals surface area contributed by atoms with E-state index in [0.717, 1.165) is 0 Å². The molecule has 1 aromatic rings. The zero-order valence-corrected chi connectivity index (χ0v) is 14.8. The van der Waals surface area contributed by atoms with Crippen molar-refractivity contribution in [3.63, 3.8) is 0 Å². The third-order valence-corrected chi connectivity index (χ3v) is 5.42. The van der Waals surface area contributed by atoms with Crippen molar-refractivity contribution in [3.8, 4) is 0 Å². The largest absolute Gasteiger partial charge is 0.444 e. The number of rotatable bonds is 3. The molecule has 0 aromatic carbocycles. The third-order valence-electron chi connectivity index (χ3n) is 3.52. The van der Waals surface area contributed by atoms with Crippen molar-refractivity contribution in [1.29, 1.82) is 0 Å². The Balaban J connectivity index is 2.01. The summed E-state index contributed by atoms with van der Waals surface area (Å²) < 4.78 is 30.3. The quantitative estimate of drug-likeness (QED) is 0.833. The SMILES string of the molecule is Cc1nccnc1S(=O)(=O)CC1CCN(C(=O)OC(C)(C)C)C1. The standard InChI is InChI=1S/C15H23N3O4S/c1-11-13(17-7-6-16-11)23(20,21)10-12-5-8-18(9-12)14(19)22-15(2,3)4/h6-7,12H,5,8-10H2,1-4H3. The van der Waals surface area contributed by atoms with E-state index in [1.165, 1.54) is 12.4 Å². The molecule has 1 saturated heterocycles. The molecule has 1 aromatic heterocycles. The molecular weight excluding hydrogens is 318 g/mol. The molecular formula is C15H23N3O4S. The van der Waals surface area contributed by atoms with Crippen LogP contribution in [0.15, 0.2) is 17.4 Å². The van der Waals surface area contributed by atoms with E-state index in [4.69, 9.17) is 4.74 Å². The monoisotopic (exact) mass is 341 g/mol. The molecule has 0 bridgehead atoms. The number of likely N-dealkylation sites (tertiary alicyclic amines) is 1. The van der Waals surface area contributed by atoms with E-state index in [1.807, 2.05) is 0 Å². The van der Waals surface area contributed by atoms with Gasteiger partial charge in [0.1, 0.15) is 5.60 Å². The maximum atomic E-state index is 12.5. The van der Waals surface area contributed by atoms with Crippen LogP contribution in [0.25, 0.3) is 0 Å². The second-order valence-corrected chi connectivity index (χ2v) is 8.76. The van der Waals surface area contributed by atoms with Gasteiger partial charge in [-0.05, 0) is 40.0 Å². The highest BCUT2D eigenvalue weighted by molar-refractivity contribution is 7.91. The fraction of sp³-hybridized carbons (Fsp3) is 0.667. The van der Waals surface area contributed by atoms with Crippen molar-refractivity contribution in [2.24, 2.45) is 5.92 Å². The summed E-state index contributed by atoms with van der Waals surface area (Å²) in [6.07, 6.45) is 3.08. The highest BCUT2D eigenvalue weighted by Gasteiger charge is 2.33. The number of carbonyl (C=O) groups excluding carboxylic acids is 1. The van der Waals surface area contributed by atoms with Crippen molar-refractivity contribution < 1.29 is 17.9 Å². The molecule has 0 aliphatic carbocycles. The first-order valence-electron chi connectivity index (χ1n) is 7.57. The number of ether oxygens (including phenoxy) is 1. The van der Waals surface area contributed by atoms with Gasteiger partial charge in [-0.15, -0.1) is 0 Å². The Labute approximate surface area is 137 Å². The minimum atomic E-state index is -3.51. The molecule has 2 rings (SSSR count). The Morgan fingerprint density at radius 3 is 2.61 bits per heavy atom. The van der Waals surface area contributed by atoms with E-state index < -0.39 is 21.5 Å². The first-order valence-corrected chi connectivity index (χ1v) is 9.22. The predicted octanol–water partition coefficient (Wildman–Crippen LogP) is 1.82. The lowest BCUT2D eigenvalue weighted by molar-refractivity contribution is 0.0289. The minimum absolute atomic E-state index is 0.0238. The second-order valence-electron chi connectivity index (χ2n) is 6.81. The Morgan fingerprint density at radius 2 is 2.00 bits per heavy atom. The Morgan fingerprint density at radius 1 is 1.35 bits per heavy atom. The molecule has 0 radical (unpaired) electrons. The van der Waals surface area contributed by atoms with Crippen LogP contribution in [0.2, 0.25) is 0 Å². The molecule has 0 saturated carbocycles. The van der Waals surface area contributed by atoms with E-state index >= 15 is 0 Å². The summed E-state index contributed by atoms with van der Waals surface area (Å²) in [6.45, 7) is 7.93. The van der Waals surface area contributed by atoms with Crippen LogP contribution in [-0.4, -0.2) is 53.8 Å². The number of carbonyl (C=O) groups is 1. The number of amides is 1. The molecule has 1 aliphatic rings. The summed E-state index contributed by atoms with van der Waals surface area (Å²) >= 11 is 0. The van der Waals surface area contributed by atoms with Gasteiger partial charge < -0.3 is 9.64 Å². The van der Waals surface area contributed by atoms with Crippen molar-refractivity contribution in [2.45, 2.75) is 44.7 Å². The topological polar surface area (TPSA) is 89.5 Å². The number of aromatic nitrogens is 2. The lowest BCUT2D eigenvalue weighted by atomic mass is 10.2. The third kappa shape index (κ3) is 4.63. The highest BCUT2D eigenvalue weighted by atomic mass is 32.2. The van der Waals surface area contributed by atoms with Crippen molar-refractivity contribution >= 4 is 15.9 Å². The van der Waals surface area contributed by atoms with Crippen LogP contribution >= 0.6 is 0 Å². The van der Waals surface area contributed by atoms with E-state index in [0.29, 0.717) is 25.2 Å². The van der Waals surface area contributed by atoms with Crippen molar-refractivity contribution in [2.75, 3.05) is 18.8 Å². The summed E-state index contributed by atoms with van der Waals surface area (Å²) in [4.78, 5) is 21.5. The average Bonchev–Trinajstić information content (AvgIpc) is 2.85. The summed E-state index contributed by atoms with van der Waals surface area (Å²) in [5.74, 6) is -0.153. The van der Waals surface area contributed by atoms with Crippen LogP contribution in [0.4, 0.5) is 4.79 Å². The van der Waals surface area contributed by atoms with E-state index in [1.54, 1.807) is 32.6 Å². The first kappa shape index (κ1) is 17.7. The van der Waals surface area contributed by atoms with Crippen LogP contribution in [0.5, 0.6) is 0 Å². The molecule has 1 amide bonds. The predicted molar refractivity (Wildman–Crippen MR) is 84.7 cm³/mol. The molecule has 0 N–H and O–H groups in total. The number of aryl methyl sites for hydroxylation is 1. The second kappa shape index (κ2) is 6.43. The highest BCUT2D eigenvalue weighted by Crippen LogP contribution is 2.23. The van der Waals surface area contributed by atoms with Gasteiger partial charge in [-0.2, -0.15) is 0 Å². The maximum absolute atomic E-state index is 12.5. The number of nitrogens with zero attached hydrogens (tertiary/aromatic N) is 3. The van der Waals surface area contributed by atoms with Gasteiger partial charge in [0.15, 0.2) is 14.9 Å². The van der Waals surface area contributed by atoms with Gasteiger partial charge in [0, 0.05) is 25.5 Å². The summed E-state index contributed by atoms with van der Waals surface area (Å²) in [5, 5.41) is 0.0238. The molecule has 2 heterocycles. The number of hydrogen-bond donors (Lipinski definition) is 0. The smallest absolute Gasteiger partial charge is 0.410 e. The van der Waals surface area contributed by atoms with Crippen LogP contribution in [0.3, 0.4) is 0 Å². The van der Waals surface area contributed by atoms with Gasteiger partial charge in [0.2, 0.25) is 0 Å². The molecule has 1 aliphatic heterocycles. The molecule has 7 nitrogen and oxygen atoms in total. The number of sulfone groups is 1. The Hall–Kier alpha value is -1.70. The normalized spacial score (nSPS) is 19.0. The van der Waals surface area contributed by atoms with E-state index in [-0.39, 0.29) is 16.7 Å². The zero-order valence-electron chi connectivity index (χ0n) is 13.9. The molecule has 1 unspecified atom stereocenters. The minimum Gasteiger partial charge on any atom is -0.444 e. The van der Waals surface area contributed by atoms with Gasteiger partial charge in [-0.3, -0.25) is 4.98 Å². The lowest BCUT2D eigenvalue weighted by Gasteiger charge is -2.24. The molecule has 1 fully saturated rings. The summed E-state index contributed by atoms with van der Waals surface area (Å²) in [7, 11) is -3.51. The molecule has 1 atom stereocenters. The number of hydrogen-bond acceptors (Lipinski definition) is 6. The Bertz CT molecular complexity index is 682. The first-order chi connectivity index (χ1) is 10.6. The molecule has 8 heteroatoms. The van der Waals surface area contributed by atoms with E-state index in [2.05, 4.69) is 9.97 Å². The summed E-state index contributed by atoms with van der Waals surface area (Å²) in [5.41, 5.74) is -0.160. The fourth-order valence-electron chi connectivity index (χ4n) is 2.55. The molecule has 23 heavy (non-hydrogen) atoms. The van der Waals surface area contributed by atoms with Crippen LogP contribution in [0, 0.1) is 12.8 Å². The molecule has 0 spiro atoms. The van der Waals surface area contributed by atoms with E-state index in [9.17, 15) is 13.2 Å². The van der Waals surface area contributed by atoms with Crippen molar-refractivity contribution in [1.82, 2.24) is 14.9 Å². The Kier molecular flexibility index (Phi) is 4.93. The van der Waals surface area contributed by atoms with Crippen LogP contribution in [-0.2, 0) is 14.6 Å². The van der Waals surface area contributed by atoms with Gasteiger partial charge in [0.05, 0.1) is 11.4 Å². The van der Waals surface area contributed by atoms with Gasteiger partial charge in [-0.25, -0.2) is 18.2 Å². The van der Waals surface area contributed by atoms with Gasteiger partial charge in [0.25, 0.3) is 0 Å². The fourth-order valence-corrected chi connectivity index (χ4v) is 4.33. The van der Waals surface area contributed by atoms with Gasteiger partial charge >= 0.3 is 6.09 Å². The average molecular weight is 341 g/mol. The van der Waals surface area contributed by atoms with Gasteiger partial charge in [-0.1, -0.05) is 0 Å². The maximum Gasteiger partial charge on any atom is 0.410 e. The van der Waals surface area contributed by atoms with Crippen LogP contribution in [0.1, 0.15) is 32.9 Å². The zero-order chi connectivity index (χ0) is 17.3. The molecule has 128 valence electrons. The van der Waals surface area contributed by atoms with Crippen molar-refractivity contribution in [3.05, 3.63) is 18.1 Å².